The van der Waals surface area contributed by atoms with Gasteiger partial charge in [-0.15, -0.1) is 0 Å². The Morgan fingerprint density at radius 3 is 2.62 bits per heavy atom. The van der Waals surface area contributed by atoms with Gasteiger partial charge in [0, 0.05) is 43.7 Å². The molecule has 0 unspecified atom stereocenters. The van der Waals surface area contributed by atoms with Crippen LogP contribution < -0.4 is 5.56 Å². The number of nitrogens with zero attached hydrogens (tertiary/aromatic N) is 2. The fraction of sp³-hybridized carbons (Fsp3) is 0.400. The number of carbonyl (C=O) groups excluding carboxylic acids is 1. The Morgan fingerprint density at radius 2 is 1.88 bits per heavy atom. The number of amides is 1. The van der Waals surface area contributed by atoms with Gasteiger partial charge in [0.2, 0.25) is 5.91 Å². The molecule has 0 radical (unpaired) electrons. The predicted octanol–water partition coefficient (Wildman–Crippen LogP) is 2.82. The van der Waals surface area contributed by atoms with Crippen LogP contribution in [-0.4, -0.2) is 28.5 Å². The van der Waals surface area contributed by atoms with E-state index < -0.39 is 0 Å². The summed E-state index contributed by atoms with van der Waals surface area (Å²) in [5.74, 6) is 0.132. The van der Waals surface area contributed by atoms with E-state index >= 15 is 0 Å². The molecule has 3 rings (SSSR count). The van der Waals surface area contributed by atoms with Crippen LogP contribution in [0.2, 0.25) is 0 Å². The van der Waals surface area contributed by atoms with Gasteiger partial charge in [-0.2, -0.15) is 0 Å². The van der Waals surface area contributed by atoms with Gasteiger partial charge in [-0.25, -0.2) is 0 Å². The fourth-order valence-electron chi connectivity index (χ4n) is 3.55. The van der Waals surface area contributed by atoms with Crippen molar-refractivity contribution in [1.82, 2.24) is 9.47 Å². The zero-order valence-electron chi connectivity index (χ0n) is 14.1. The van der Waals surface area contributed by atoms with Crippen LogP contribution in [0.25, 0.3) is 0 Å². The van der Waals surface area contributed by atoms with Gasteiger partial charge in [0.05, 0.1) is 0 Å². The van der Waals surface area contributed by atoms with E-state index in [4.69, 9.17) is 0 Å². The molecule has 126 valence electrons. The Bertz CT molecular complexity index is 753. The summed E-state index contributed by atoms with van der Waals surface area (Å²) in [6.07, 6.45) is 4.22. The highest BCUT2D eigenvalue weighted by molar-refractivity contribution is 5.76. The molecule has 1 atom stereocenters. The second kappa shape index (κ2) is 7.04. The molecule has 2 heterocycles. The smallest absolute Gasteiger partial charge is 0.250 e. The summed E-state index contributed by atoms with van der Waals surface area (Å²) in [6.45, 7) is 4.24. The number of likely N-dealkylation sites (tertiary alicyclic amines) is 1. The molecular formula is C20H24N2O2. The molecule has 1 aliphatic rings. The van der Waals surface area contributed by atoms with Gasteiger partial charge in [-0.3, -0.25) is 9.59 Å². The lowest BCUT2D eigenvalue weighted by molar-refractivity contribution is -0.133. The van der Waals surface area contributed by atoms with Gasteiger partial charge in [0.1, 0.15) is 0 Å². The Morgan fingerprint density at radius 1 is 1.12 bits per heavy atom. The molecule has 1 aromatic carbocycles. The number of aromatic nitrogens is 1. The third-order valence-electron chi connectivity index (χ3n) is 4.99. The molecule has 2 aromatic rings. The van der Waals surface area contributed by atoms with Crippen molar-refractivity contribution in [1.29, 1.82) is 0 Å². The zero-order valence-corrected chi connectivity index (χ0v) is 14.1. The SMILES string of the molecule is C[C@@]1(c2ccccc2)CCCN(C(=O)CCn2ccccc2=O)C1. The van der Waals surface area contributed by atoms with Gasteiger partial charge in [-0.05, 0) is 24.5 Å². The van der Waals surface area contributed by atoms with Crippen molar-refractivity contribution in [3.8, 4) is 0 Å². The second-order valence-electron chi connectivity index (χ2n) is 6.83. The van der Waals surface area contributed by atoms with Gasteiger partial charge in [0.25, 0.3) is 5.56 Å². The monoisotopic (exact) mass is 324 g/mol. The van der Waals surface area contributed by atoms with E-state index in [1.54, 1.807) is 16.8 Å². The Labute approximate surface area is 142 Å². The number of aryl methyl sites for hydroxylation is 1. The van der Waals surface area contributed by atoms with Crippen molar-refractivity contribution in [2.45, 2.75) is 38.1 Å². The minimum Gasteiger partial charge on any atom is -0.342 e. The number of piperidine rings is 1. The minimum absolute atomic E-state index is 0.0127. The van der Waals surface area contributed by atoms with E-state index in [0.29, 0.717) is 13.0 Å². The highest BCUT2D eigenvalue weighted by Crippen LogP contribution is 2.33. The molecule has 4 heteroatoms. The van der Waals surface area contributed by atoms with Crippen molar-refractivity contribution in [3.63, 3.8) is 0 Å². The maximum absolute atomic E-state index is 12.6. The van der Waals surface area contributed by atoms with Gasteiger partial charge in [-0.1, -0.05) is 43.3 Å². The van der Waals surface area contributed by atoms with Crippen LogP contribution in [0.15, 0.2) is 59.5 Å². The van der Waals surface area contributed by atoms with Crippen molar-refractivity contribution < 1.29 is 4.79 Å². The van der Waals surface area contributed by atoms with Crippen molar-refractivity contribution in [2.75, 3.05) is 13.1 Å². The first-order chi connectivity index (χ1) is 11.6. The highest BCUT2D eigenvalue weighted by atomic mass is 16.2. The highest BCUT2D eigenvalue weighted by Gasteiger charge is 2.34. The molecule has 4 nitrogen and oxygen atoms in total. The first-order valence-electron chi connectivity index (χ1n) is 8.57. The number of rotatable bonds is 4. The number of benzene rings is 1. The number of hydrogen-bond acceptors (Lipinski definition) is 2. The van der Waals surface area contributed by atoms with E-state index in [1.165, 1.54) is 11.6 Å². The van der Waals surface area contributed by atoms with Crippen LogP contribution in [0.1, 0.15) is 31.7 Å². The van der Waals surface area contributed by atoms with Crippen LogP contribution in [0.3, 0.4) is 0 Å². The largest absolute Gasteiger partial charge is 0.342 e. The third-order valence-corrected chi connectivity index (χ3v) is 4.99. The zero-order chi connectivity index (χ0) is 17.0. The Kier molecular flexibility index (Phi) is 4.84. The van der Waals surface area contributed by atoms with Crippen molar-refractivity contribution >= 4 is 5.91 Å². The normalized spacial score (nSPS) is 20.8. The molecule has 1 aliphatic heterocycles. The lowest BCUT2D eigenvalue weighted by Gasteiger charge is -2.41. The summed E-state index contributed by atoms with van der Waals surface area (Å²) in [7, 11) is 0. The molecule has 24 heavy (non-hydrogen) atoms. The molecule has 0 N–H and O–H groups in total. The van der Waals surface area contributed by atoms with Crippen LogP contribution in [0.4, 0.5) is 0 Å². The van der Waals surface area contributed by atoms with E-state index in [1.807, 2.05) is 17.0 Å². The standard InChI is InChI=1S/C20H24N2O2/c1-20(17-8-3-2-4-9-17)12-7-14-22(16-20)19(24)11-15-21-13-6-5-10-18(21)23/h2-6,8-10,13H,7,11-12,14-16H2,1H3/t20-/m1/s1. The summed E-state index contributed by atoms with van der Waals surface area (Å²) in [6, 6.07) is 15.5. The number of hydrogen-bond donors (Lipinski definition) is 0. The molecule has 1 saturated heterocycles. The van der Waals surface area contributed by atoms with Crippen LogP contribution >= 0.6 is 0 Å². The van der Waals surface area contributed by atoms with E-state index in [2.05, 4.69) is 31.2 Å². The second-order valence-corrected chi connectivity index (χ2v) is 6.83. The molecule has 1 fully saturated rings. The predicted molar refractivity (Wildman–Crippen MR) is 94.9 cm³/mol. The topological polar surface area (TPSA) is 42.3 Å². The van der Waals surface area contributed by atoms with Gasteiger partial charge >= 0.3 is 0 Å². The first kappa shape index (κ1) is 16.5. The minimum atomic E-state index is -0.0573. The molecule has 0 bridgehead atoms. The molecule has 0 spiro atoms. The van der Waals surface area contributed by atoms with Gasteiger partial charge in [0.15, 0.2) is 0 Å². The molecule has 0 saturated carbocycles. The summed E-state index contributed by atoms with van der Waals surface area (Å²) < 4.78 is 1.60. The van der Waals surface area contributed by atoms with Crippen LogP contribution in [0.5, 0.6) is 0 Å². The molecule has 1 amide bonds. The summed E-state index contributed by atoms with van der Waals surface area (Å²) in [4.78, 5) is 26.3. The maximum atomic E-state index is 12.6. The van der Waals surface area contributed by atoms with E-state index in [0.717, 1.165) is 25.9 Å². The summed E-state index contributed by atoms with van der Waals surface area (Å²) in [5.41, 5.74) is 1.25. The fourth-order valence-corrected chi connectivity index (χ4v) is 3.55. The quantitative estimate of drug-likeness (QED) is 0.868. The van der Waals surface area contributed by atoms with Crippen molar-refractivity contribution in [3.05, 3.63) is 70.6 Å². The summed E-state index contributed by atoms with van der Waals surface area (Å²) >= 11 is 0. The lowest BCUT2D eigenvalue weighted by Crippen LogP contribution is -2.47. The van der Waals surface area contributed by atoms with Crippen LogP contribution in [-0.2, 0) is 16.8 Å². The average molecular weight is 324 g/mol. The number of carbonyl (C=O) groups is 1. The van der Waals surface area contributed by atoms with Crippen molar-refractivity contribution in [2.24, 2.45) is 0 Å². The Balaban J connectivity index is 1.65. The van der Waals surface area contributed by atoms with Crippen LogP contribution in [0, 0.1) is 0 Å². The first-order valence-corrected chi connectivity index (χ1v) is 8.57. The van der Waals surface area contributed by atoms with E-state index in [9.17, 15) is 9.59 Å². The third kappa shape index (κ3) is 3.58. The number of pyridine rings is 1. The molecule has 0 aliphatic carbocycles. The van der Waals surface area contributed by atoms with E-state index in [-0.39, 0.29) is 16.9 Å². The summed E-state index contributed by atoms with van der Waals surface area (Å²) in [5, 5.41) is 0. The maximum Gasteiger partial charge on any atom is 0.250 e. The molecular weight excluding hydrogens is 300 g/mol. The lowest BCUT2D eigenvalue weighted by atomic mass is 9.76. The molecule has 1 aromatic heterocycles. The average Bonchev–Trinajstić information content (AvgIpc) is 2.61. The Hall–Kier alpha value is -2.36. The van der Waals surface area contributed by atoms with Gasteiger partial charge < -0.3 is 9.47 Å².